The van der Waals surface area contributed by atoms with E-state index < -0.39 is 23.6 Å². The molecule has 1 aromatic heterocycles. The lowest BCUT2D eigenvalue weighted by Gasteiger charge is -2.09. The highest BCUT2D eigenvalue weighted by molar-refractivity contribution is 8.02. The molecular weight excluding hydrogens is 322 g/mol. The number of thioether (sulfide) groups is 1. The number of aromatic nitrogens is 1. The van der Waals surface area contributed by atoms with Gasteiger partial charge in [-0.15, -0.1) is 11.3 Å². The summed E-state index contributed by atoms with van der Waals surface area (Å²) in [5.41, 5.74) is 5.52. The molecule has 0 bridgehead atoms. The zero-order chi connectivity index (χ0) is 16.6. The van der Waals surface area contributed by atoms with Crippen molar-refractivity contribution in [1.82, 2.24) is 4.98 Å². The fourth-order valence-corrected chi connectivity index (χ4v) is 4.65. The summed E-state index contributed by atoms with van der Waals surface area (Å²) in [6.45, 7) is 8.15. The molecule has 0 radical (unpaired) electrons. The van der Waals surface area contributed by atoms with E-state index in [1.807, 2.05) is 20.8 Å². The molecule has 0 aliphatic carbocycles. The van der Waals surface area contributed by atoms with Gasteiger partial charge in [0, 0.05) is 0 Å². The molecule has 118 valence electrons. The molecule has 0 fully saturated rings. The second-order valence-corrected chi connectivity index (χ2v) is 7.65. The first-order valence-electron chi connectivity index (χ1n) is 6.70. The molecule has 2 aromatic rings. The number of hydrogen-bond acceptors (Lipinski definition) is 5. The van der Waals surface area contributed by atoms with Crippen LogP contribution >= 0.6 is 23.1 Å². The number of benzene rings is 1. The molecule has 0 saturated heterocycles. The van der Waals surface area contributed by atoms with E-state index in [1.54, 1.807) is 0 Å². The van der Waals surface area contributed by atoms with Gasteiger partial charge in [0.2, 0.25) is 0 Å². The van der Waals surface area contributed by atoms with Crippen molar-refractivity contribution in [2.45, 2.75) is 43.7 Å². The van der Waals surface area contributed by atoms with E-state index in [9.17, 15) is 9.59 Å². The fraction of sp³-hybridized carbons (Fsp3) is 0.400. The van der Waals surface area contributed by atoms with E-state index >= 15 is 0 Å². The summed E-state index contributed by atoms with van der Waals surface area (Å²) in [5.74, 6) is -2.26. The van der Waals surface area contributed by atoms with E-state index in [0.29, 0.717) is 4.34 Å². The molecule has 0 aliphatic heterocycles. The van der Waals surface area contributed by atoms with Gasteiger partial charge in [0.25, 0.3) is 0 Å². The molecule has 7 heteroatoms. The third-order valence-corrected chi connectivity index (χ3v) is 6.32. The second-order valence-electron chi connectivity index (χ2n) is 5.20. The van der Waals surface area contributed by atoms with Gasteiger partial charge in [-0.25, -0.2) is 4.98 Å². The van der Waals surface area contributed by atoms with Crippen molar-refractivity contribution in [2.24, 2.45) is 0 Å². The van der Waals surface area contributed by atoms with Crippen LogP contribution in [0.1, 0.15) is 28.7 Å². The smallest absolute Gasteiger partial charge is 0.317 e. The summed E-state index contributed by atoms with van der Waals surface area (Å²) in [7, 11) is 0. The maximum absolute atomic E-state index is 11.2. The van der Waals surface area contributed by atoms with E-state index in [2.05, 4.69) is 11.9 Å². The lowest BCUT2D eigenvalue weighted by Crippen LogP contribution is -2.20. The van der Waals surface area contributed by atoms with Crippen molar-refractivity contribution in [3.8, 4) is 0 Å². The quantitative estimate of drug-likeness (QED) is 0.810. The van der Waals surface area contributed by atoms with Crippen LogP contribution in [0.25, 0.3) is 10.2 Å². The van der Waals surface area contributed by atoms with E-state index in [0.717, 1.165) is 33.1 Å². The molecule has 1 unspecified atom stereocenters. The summed E-state index contributed by atoms with van der Waals surface area (Å²) in [6, 6.07) is 0. The van der Waals surface area contributed by atoms with Crippen LogP contribution in [-0.2, 0) is 9.59 Å². The number of carboxylic acids is 2. The van der Waals surface area contributed by atoms with Crippen LogP contribution in [0.2, 0.25) is 0 Å². The van der Waals surface area contributed by atoms with E-state index in [-0.39, 0.29) is 0 Å². The minimum absolute atomic E-state index is 0.425. The maximum Gasteiger partial charge on any atom is 0.317 e. The SMILES string of the molecule is Cc1c(C)c(C)c2sc(SC(CC(=O)O)C(=O)O)nc2c1C. The Hall–Kier alpha value is -1.60. The van der Waals surface area contributed by atoms with Crippen molar-refractivity contribution in [1.29, 1.82) is 0 Å². The van der Waals surface area contributed by atoms with Crippen LogP contribution in [-0.4, -0.2) is 32.4 Å². The van der Waals surface area contributed by atoms with Crippen LogP contribution in [0.15, 0.2) is 4.34 Å². The molecule has 2 rings (SSSR count). The molecular formula is C15H17NO4S2. The molecule has 1 aromatic carbocycles. The first-order valence-corrected chi connectivity index (χ1v) is 8.40. The summed E-state index contributed by atoms with van der Waals surface area (Å²) >= 11 is 2.44. The number of carbonyl (C=O) groups is 2. The van der Waals surface area contributed by atoms with Gasteiger partial charge in [-0.2, -0.15) is 0 Å². The predicted octanol–water partition coefficient (Wildman–Crippen LogP) is 3.55. The minimum atomic E-state index is -1.13. The van der Waals surface area contributed by atoms with Crippen LogP contribution in [0.4, 0.5) is 0 Å². The minimum Gasteiger partial charge on any atom is -0.481 e. The number of aliphatic carboxylic acids is 2. The van der Waals surface area contributed by atoms with Gasteiger partial charge in [-0.1, -0.05) is 11.8 Å². The van der Waals surface area contributed by atoms with E-state index in [1.165, 1.54) is 22.5 Å². The van der Waals surface area contributed by atoms with Crippen LogP contribution in [0, 0.1) is 27.7 Å². The second kappa shape index (κ2) is 6.26. The lowest BCUT2D eigenvalue weighted by atomic mass is 9.99. The van der Waals surface area contributed by atoms with Crippen molar-refractivity contribution >= 4 is 45.3 Å². The molecule has 1 heterocycles. The number of nitrogens with zero attached hydrogens (tertiary/aromatic N) is 1. The van der Waals surface area contributed by atoms with Crippen molar-refractivity contribution in [2.75, 3.05) is 0 Å². The summed E-state index contributed by atoms with van der Waals surface area (Å²) in [6.07, 6.45) is -0.425. The Labute approximate surface area is 136 Å². The molecule has 5 nitrogen and oxygen atoms in total. The third-order valence-electron chi connectivity index (χ3n) is 3.87. The monoisotopic (exact) mass is 339 g/mol. The molecule has 22 heavy (non-hydrogen) atoms. The van der Waals surface area contributed by atoms with Crippen LogP contribution in [0.3, 0.4) is 0 Å². The zero-order valence-corrected chi connectivity index (χ0v) is 14.4. The molecule has 0 spiro atoms. The zero-order valence-electron chi connectivity index (χ0n) is 12.8. The van der Waals surface area contributed by atoms with Crippen molar-refractivity contribution < 1.29 is 19.8 Å². The fourth-order valence-electron chi connectivity index (χ4n) is 2.23. The Morgan fingerprint density at radius 1 is 1.09 bits per heavy atom. The van der Waals surface area contributed by atoms with Crippen LogP contribution in [0.5, 0.6) is 0 Å². The Bertz CT molecular complexity index is 722. The molecule has 0 amide bonds. The molecule has 1 atom stereocenters. The van der Waals surface area contributed by atoms with Gasteiger partial charge in [0.1, 0.15) is 5.25 Å². The Morgan fingerprint density at radius 3 is 2.23 bits per heavy atom. The Kier molecular flexibility index (Phi) is 4.77. The highest BCUT2D eigenvalue weighted by atomic mass is 32.2. The third kappa shape index (κ3) is 3.10. The molecule has 0 saturated carbocycles. The normalized spacial score (nSPS) is 12.5. The number of aryl methyl sites for hydroxylation is 2. The number of carboxylic acid groups (broad SMARTS) is 2. The summed E-state index contributed by atoms with van der Waals surface area (Å²) < 4.78 is 1.64. The van der Waals surface area contributed by atoms with Gasteiger partial charge >= 0.3 is 11.9 Å². The predicted molar refractivity (Wildman–Crippen MR) is 88.1 cm³/mol. The topological polar surface area (TPSA) is 87.5 Å². The van der Waals surface area contributed by atoms with Crippen LogP contribution < -0.4 is 0 Å². The van der Waals surface area contributed by atoms with Gasteiger partial charge < -0.3 is 10.2 Å². The average molecular weight is 339 g/mol. The number of hydrogen-bond donors (Lipinski definition) is 2. The Balaban J connectivity index is 2.45. The largest absolute Gasteiger partial charge is 0.481 e. The van der Waals surface area contributed by atoms with E-state index in [4.69, 9.17) is 10.2 Å². The highest BCUT2D eigenvalue weighted by Crippen LogP contribution is 2.38. The number of fused-ring (bicyclic) bond motifs is 1. The summed E-state index contributed by atoms with van der Waals surface area (Å²) in [4.78, 5) is 26.5. The van der Waals surface area contributed by atoms with Gasteiger partial charge in [-0.3, -0.25) is 9.59 Å². The van der Waals surface area contributed by atoms with Crippen molar-refractivity contribution in [3.05, 3.63) is 22.3 Å². The van der Waals surface area contributed by atoms with Gasteiger partial charge in [-0.05, 0) is 49.9 Å². The molecule has 2 N–H and O–H groups in total. The van der Waals surface area contributed by atoms with Gasteiger partial charge in [0.15, 0.2) is 4.34 Å². The van der Waals surface area contributed by atoms with Gasteiger partial charge in [0.05, 0.1) is 16.6 Å². The number of rotatable bonds is 5. The van der Waals surface area contributed by atoms with Crippen molar-refractivity contribution in [3.63, 3.8) is 0 Å². The lowest BCUT2D eigenvalue weighted by molar-refractivity contribution is -0.142. The first kappa shape index (κ1) is 16.8. The first-order chi connectivity index (χ1) is 10.2. The Morgan fingerprint density at radius 2 is 1.68 bits per heavy atom. The average Bonchev–Trinajstić information content (AvgIpc) is 2.85. The highest BCUT2D eigenvalue weighted by Gasteiger charge is 2.24. The number of thiazole rings is 1. The standard InChI is InChI=1S/C15H17NO4S2/c1-6-7(2)9(4)13-12(8(6)3)16-15(22-13)21-10(14(19)20)5-11(17)18/h10H,5H2,1-4H3,(H,17,18)(H,19,20). The maximum atomic E-state index is 11.2. The summed E-state index contributed by atoms with van der Waals surface area (Å²) in [5, 5.41) is 16.9. The molecule has 0 aliphatic rings.